The second-order valence-corrected chi connectivity index (χ2v) is 6.47. The average molecular weight is 297 g/mol. The van der Waals surface area contributed by atoms with E-state index in [2.05, 4.69) is 21.9 Å². The summed E-state index contributed by atoms with van der Waals surface area (Å²) < 4.78 is 26.6. The molecular weight excluding hydrogens is 282 g/mol. The fourth-order valence-corrected chi connectivity index (χ4v) is 3.26. The van der Waals surface area contributed by atoms with Crippen LogP contribution in [0, 0.1) is 0 Å². The van der Waals surface area contributed by atoms with Crippen LogP contribution in [-0.4, -0.2) is 19.9 Å². The van der Waals surface area contributed by atoms with Gasteiger partial charge in [0.15, 0.2) is 5.13 Å². The largest absolute Gasteiger partial charge is 0.385 e. The highest BCUT2D eigenvalue weighted by Gasteiger charge is 2.14. The van der Waals surface area contributed by atoms with Gasteiger partial charge in [0.05, 0.1) is 4.90 Å². The van der Waals surface area contributed by atoms with Crippen molar-refractivity contribution < 1.29 is 8.42 Å². The molecule has 19 heavy (non-hydrogen) atoms. The van der Waals surface area contributed by atoms with Gasteiger partial charge in [-0.1, -0.05) is 6.92 Å². The summed E-state index contributed by atoms with van der Waals surface area (Å²) in [5.41, 5.74) is 0.912. The van der Waals surface area contributed by atoms with E-state index >= 15 is 0 Å². The Bertz CT molecular complexity index is 607. The summed E-state index contributed by atoms with van der Waals surface area (Å²) in [7, 11) is -3.55. The number of aromatic nitrogens is 1. The topological polar surface area (TPSA) is 71.1 Å². The van der Waals surface area contributed by atoms with Crippen molar-refractivity contribution in [1.82, 2.24) is 4.98 Å². The molecule has 0 aliphatic carbocycles. The van der Waals surface area contributed by atoms with Gasteiger partial charge in [-0.25, -0.2) is 13.4 Å². The number of nitrogens with one attached hydrogen (secondary N) is 2. The van der Waals surface area contributed by atoms with E-state index in [1.54, 1.807) is 35.8 Å². The van der Waals surface area contributed by atoms with Crippen LogP contribution < -0.4 is 10.0 Å². The highest BCUT2D eigenvalue weighted by molar-refractivity contribution is 7.93. The Kier molecular flexibility index (Phi) is 4.39. The summed E-state index contributed by atoms with van der Waals surface area (Å²) in [6.45, 7) is 2.94. The van der Waals surface area contributed by atoms with Gasteiger partial charge in [-0.2, -0.15) is 0 Å². The molecule has 0 radical (unpaired) electrons. The van der Waals surface area contributed by atoms with E-state index in [0.29, 0.717) is 5.13 Å². The normalized spacial score (nSPS) is 11.2. The maximum absolute atomic E-state index is 12.1. The van der Waals surface area contributed by atoms with Gasteiger partial charge in [-0.05, 0) is 30.7 Å². The number of hydrogen-bond acceptors (Lipinski definition) is 5. The fourth-order valence-electron chi connectivity index (χ4n) is 1.47. The molecule has 0 unspecified atom stereocenters. The zero-order valence-corrected chi connectivity index (χ0v) is 12.1. The van der Waals surface area contributed by atoms with E-state index < -0.39 is 10.0 Å². The Morgan fingerprint density at radius 3 is 2.58 bits per heavy atom. The minimum atomic E-state index is -3.55. The van der Waals surface area contributed by atoms with Gasteiger partial charge in [0.25, 0.3) is 10.0 Å². The number of anilines is 2. The molecule has 2 N–H and O–H groups in total. The molecule has 1 aromatic carbocycles. The smallest absolute Gasteiger partial charge is 0.263 e. The maximum atomic E-state index is 12.1. The van der Waals surface area contributed by atoms with Crippen molar-refractivity contribution in [2.45, 2.75) is 18.2 Å². The summed E-state index contributed by atoms with van der Waals surface area (Å²) in [4.78, 5) is 4.13. The van der Waals surface area contributed by atoms with Gasteiger partial charge in [-0.3, -0.25) is 4.72 Å². The first-order valence-electron chi connectivity index (χ1n) is 5.88. The van der Waals surface area contributed by atoms with Crippen LogP contribution in [0.4, 0.5) is 10.8 Å². The molecule has 0 spiro atoms. The van der Waals surface area contributed by atoms with Gasteiger partial charge < -0.3 is 5.32 Å². The van der Waals surface area contributed by atoms with E-state index in [4.69, 9.17) is 0 Å². The third-order valence-electron chi connectivity index (χ3n) is 2.40. The first-order chi connectivity index (χ1) is 9.12. The van der Waals surface area contributed by atoms with Crippen molar-refractivity contribution in [2.24, 2.45) is 0 Å². The Morgan fingerprint density at radius 2 is 2.00 bits per heavy atom. The quantitative estimate of drug-likeness (QED) is 0.860. The highest BCUT2D eigenvalue weighted by Crippen LogP contribution is 2.19. The van der Waals surface area contributed by atoms with E-state index in [1.807, 2.05) is 0 Å². The van der Waals surface area contributed by atoms with Crippen molar-refractivity contribution in [2.75, 3.05) is 16.6 Å². The van der Waals surface area contributed by atoms with E-state index in [0.717, 1.165) is 18.7 Å². The van der Waals surface area contributed by atoms with E-state index in [1.165, 1.54) is 11.3 Å². The Labute approximate surface area is 116 Å². The van der Waals surface area contributed by atoms with Gasteiger partial charge in [0, 0.05) is 23.8 Å². The molecule has 0 atom stereocenters. The Balaban J connectivity index is 2.12. The van der Waals surface area contributed by atoms with Crippen LogP contribution in [0.1, 0.15) is 13.3 Å². The van der Waals surface area contributed by atoms with Crippen LogP contribution >= 0.6 is 11.3 Å². The maximum Gasteiger partial charge on any atom is 0.263 e. The zero-order chi connectivity index (χ0) is 13.7. The summed E-state index contributed by atoms with van der Waals surface area (Å²) in [6, 6.07) is 6.67. The second kappa shape index (κ2) is 6.03. The van der Waals surface area contributed by atoms with Gasteiger partial charge in [0.2, 0.25) is 0 Å². The predicted molar refractivity (Wildman–Crippen MR) is 78.1 cm³/mol. The Hall–Kier alpha value is -1.60. The van der Waals surface area contributed by atoms with Crippen LogP contribution in [0.3, 0.4) is 0 Å². The standard InChI is InChI=1S/C12H15N3O2S2/c1-2-7-13-10-3-5-11(6-4-10)19(16,17)15-12-14-8-9-18-12/h3-6,8-9,13H,2,7H2,1H3,(H,14,15). The van der Waals surface area contributed by atoms with Crippen LogP contribution in [0.5, 0.6) is 0 Å². The number of sulfonamides is 1. The van der Waals surface area contributed by atoms with E-state index in [-0.39, 0.29) is 4.90 Å². The lowest BCUT2D eigenvalue weighted by atomic mass is 10.3. The molecule has 7 heteroatoms. The molecule has 1 aromatic heterocycles. The summed E-state index contributed by atoms with van der Waals surface area (Å²) in [5.74, 6) is 0. The number of hydrogen-bond donors (Lipinski definition) is 2. The second-order valence-electron chi connectivity index (χ2n) is 3.89. The monoisotopic (exact) mass is 297 g/mol. The van der Waals surface area contributed by atoms with Gasteiger partial charge in [0.1, 0.15) is 0 Å². The number of benzene rings is 1. The van der Waals surface area contributed by atoms with Crippen LogP contribution in [0.15, 0.2) is 40.7 Å². The molecule has 2 aromatic rings. The zero-order valence-electron chi connectivity index (χ0n) is 10.5. The molecule has 0 fully saturated rings. The third-order valence-corrected chi connectivity index (χ3v) is 4.57. The number of thiazole rings is 1. The van der Waals surface area contributed by atoms with Gasteiger partial charge in [-0.15, -0.1) is 11.3 Å². The lowest BCUT2D eigenvalue weighted by Gasteiger charge is -2.07. The summed E-state index contributed by atoms with van der Waals surface area (Å²) in [5, 5.41) is 5.28. The molecule has 2 rings (SSSR count). The van der Waals surface area contributed by atoms with Crippen molar-refractivity contribution in [3.8, 4) is 0 Å². The highest BCUT2D eigenvalue weighted by atomic mass is 32.2. The molecule has 1 heterocycles. The average Bonchev–Trinajstić information content (AvgIpc) is 2.89. The lowest BCUT2D eigenvalue weighted by Crippen LogP contribution is -2.12. The minimum absolute atomic E-state index is 0.227. The first kappa shape index (κ1) is 13.8. The molecule has 0 bridgehead atoms. The first-order valence-corrected chi connectivity index (χ1v) is 8.24. The molecule has 0 aliphatic rings. The third kappa shape index (κ3) is 3.68. The summed E-state index contributed by atoms with van der Waals surface area (Å²) in [6.07, 6.45) is 2.58. The predicted octanol–water partition coefficient (Wildman–Crippen LogP) is 2.77. The molecule has 0 amide bonds. The molecule has 0 saturated carbocycles. The molecule has 5 nitrogen and oxygen atoms in total. The molecular formula is C12H15N3O2S2. The SMILES string of the molecule is CCCNc1ccc(S(=O)(=O)Nc2nccs2)cc1. The van der Waals surface area contributed by atoms with Crippen molar-refractivity contribution in [3.05, 3.63) is 35.8 Å². The lowest BCUT2D eigenvalue weighted by molar-refractivity contribution is 0.601. The number of rotatable bonds is 6. The van der Waals surface area contributed by atoms with E-state index in [9.17, 15) is 8.42 Å². The van der Waals surface area contributed by atoms with Gasteiger partial charge >= 0.3 is 0 Å². The van der Waals surface area contributed by atoms with Crippen LogP contribution in [0.2, 0.25) is 0 Å². The molecule has 0 aliphatic heterocycles. The van der Waals surface area contributed by atoms with Crippen molar-refractivity contribution in [3.63, 3.8) is 0 Å². The summed E-state index contributed by atoms with van der Waals surface area (Å²) >= 11 is 1.24. The van der Waals surface area contributed by atoms with Crippen LogP contribution in [-0.2, 0) is 10.0 Å². The van der Waals surface area contributed by atoms with Crippen molar-refractivity contribution in [1.29, 1.82) is 0 Å². The number of nitrogens with zero attached hydrogens (tertiary/aromatic N) is 1. The van der Waals surface area contributed by atoms with Crippen molar-refractivity contribution >= 4 is 32.2 Å². The minimum Gasteiger partial charge on any atom is -0.385 e. The Morgan fingerprint density at radius 1 is 1.26 bits per heavy atom. The fraction of sp³-hybridized carbons (Fsp3) is 0.250. The molecule has 0 saturated heterocycles. The van der Waals surface area contributed by atoms with Crippen LogP contribution in [0.25, 0.3) is 0 Å². The molecule has 102 valence electrons.